The van der Waals surface area contributed by atoms with Crippen LogP contribution in [0.5, 0.6) is 0 Å². The zero-order valence-electron chi connectivity index (χ0n) is 11.1. The average Bonchev–Trinajstić information content (AvgIpc) is 2.30. The van der Waals surface area contributed by atoms with Crippen molar-refractivity contribution in [3.8, 4) is 0 Å². The molecular formula is C13H17ClN2O2S. The summed E-state index contributed by atoms with van der Waals surface area (Å²) in [5.41, 5.74) is 0.342. The van der Waals surface area contributed by atoms with E-state index in [1.165, 1.54) is 4.90 Å². The molecule has 0 heterocycles. The van der Waals surface area contributed by atoms with Gasteiger partial charge in [0.15, 0.2) is 0 Å². The molecule has 0 saturated carbocycles. The molecule has 1 aromatic carbocycles. The molecule has 0 aliphatic rings. The molecule has 1 N–H and O–H groups in total. The van der Waals surface area contributed by atoms with Crippen molar-refractivity contribution in [1.82, 2.24) is 10.2 Å². The molecule has 104 valence electrons. The molecule has 0 aromatic heterocycles. The first-order valence-electron chi connectivity index (χ1n) is 5.84. The van der Waals surface area contributed by atoms with Crippen LogP contribution in [0.25, 0.3) is 0 Å². The first-order valence-corrected chi connectivity index (χ1v) is 6.67. The van der Waals surface area contributed by atoms with E-state index in [1.807, 2.05) is 13.8 Å². The van der Waals surface area contributed by atoms with Gasteiger partial charge in [0.2, 0.25) is 5.91 Å². The van der Waals surface area contributed by atoms with Crippen LogP contribution in [0.2, 0.25) is 5.02 Å². The van der Waals surface area contributed by atoms with Gasteiger partial charge in [0.1, 0.15) is 0 Å². The molecule has 0 unspecified atom stereocenters. The monoisotopic (exact) mass is 300 g/mol. The smallest absolute Gasteiger partial charge is 0.255 e. The molecule has 0 bridgehead atoms. The van der Waals surface area contributed by atoms with Crippen molar-refractivity contribution in [3.63, 3.8) is 0 Å². The lowest BCUT2D eigenvalue weighted by Gasteiger charge is -2.18. The van der Waals surface area contributed by atoms with Gasteiger partial charge in [0.05, 0.1) is 17.1 Å². The molecule has 0 spiro atoms. The molecular weight excluding hydrogens is 284 g/mol. The third-order valence-corrected chi connectivity index (χ3v) is 2.97. The van der Waals surface area contributed by atoms with Gasteiger partial charge in [-0.1, -0.05) is 11.6 Å². The minimum Gasteiger partial charge on any atom is -0.352 e. The van der Waals surface area contributed by atoms with E-state index in [0.717, 1.165) is 0 Å². The van der Waals surface area contributed by atoms with Gasteiger partial charge in [-0.3, -0.25) is 9.59 Å². The Morgan fingerprint density at radius 3 is 2.63 bits per heavy atom. The Morgan fingerprint density at radius 2 is 2.05 bits per heavy atom. The number of halogens is 1. The van der Waals surface area contributed by atoms with Crippen LogP contribution < -0.4 is 5.32 Å². The third-order valence-electron chi connectivity index (χ3n) is 2.36. The van der Waals surface area contributed by atoms with Crippen molar-refractivity contribution >= 4 is 36.0 Å². The van der Waals surface area contributed by atoms with Crippen LogP contribution in [0, 0.1) is 0 Å². The van der Waals surface area contributed by atoms with Gasteiger partial charge >= 0.3 is 0 Å². The minimum absolute atomic E-state index is 0.00978. The highest BCUT2D eigenvalue weighted by Gasteiger charge is 2.18. The highest BCUT2D eigenvalue weighted by Crippen LogP contribution is 2.20. The molecule has 1 aromatic rings. The molecule has 0 atom stereocenters. The van der Waals surface area contributed by atoms with Gasteiger partial charge in [-0.15, -0.1) is 12.6 Å². The zero-order chi connectivity index (χ0) is 14.6. The van der Waals surface area contributed by atoms with Crippen LogP contribution in [0.3, 0.4) is 0 Å². The summed E-state index contributed by atoms with van der Waals surface area (Å²) in [7, 11) is 1.56. The van der Waals surface area contributed by atoms with Gasteiger partial charge < -0.3 is 10.2 Å². The van der Waals surface area contributed by atoms with E-state index in [4.69, 9.17) is 11.6 Å². The molecule has 0 saturated heterocycles. The normalized spacial score (nSPS) is 10.4. The third kappa shape index (κ3) is 4.76. The summed E-state index contributed by atoms with van der Waals surface area (Å²) in [5.74, 6) is -0.510. The summed E-state index contributed by atoms with van der Waals surface area (Å²) < 4.78 is 0. The fourth-order valence-electron chi connectivity index (χ4n) is 1.54. The van der Waals surface area contributed by atoms with Crippen LogP contribution in [0.15, 0.2) is 23.1 Å². The maximum atomic E-state index is 12.2. The van der Waals surface area contributed by atoms with E-state index < -0.39 is 0 Å². The molecule has 1 rings (SSSR count). The molecule has 0 aliphatic heterocycles. The topological polar surface area (TPSA) is 49.4 Å². The number of likely N-dealkylation sites (N-methyl/N-ethyl adjacent to an activating group) is 1. The molecule has 0 aliphatic carbocycles. The van der Waals surface area contributed by atoms with E-state index in [9.17, 15) is 9.59 Å². The summed E-state index contributed by atoms with van der Waals surface area (Å²) in [6.07, 6.45) is 0. The Hall–Kier alpha value is -1.20. The molecule has 6 heteroatoms. The Labute approximate surface area is 123 Å². The molecule has 0 fully saturated rings. The second-order valence-electron chi connectivity index (χ2n) is 4.55. The quantitative estimate of drug-likeness (QED) is 0.838. The standard InChI is InChI=1S/C13H17ClN2O2S/c1-8(2)15-12(17)7-16(3)13(18)10-6-9(19)4-5-11(10)14/h4-6,8,19H,7H2,1-3H3,(H,15,17). The van der Waals surface area contributed by atoms with E-state index in [-0.39, 0.29) is 24.4 Å². The fraction of sp³-hybridized carbons (Fsp3) is 0.385. The number of hydrogen-bond acceptors (Lipinski definition) is 3. The minimum atomic E-state index is -0.306. The van der Waals surface area contributed by atoms with Gasteiger partial charge in [-0.2, -0.15) is 0 Å². The predicted molar refractivity (Wildman–Crippen MR) is 78.9 cm³/mol. The lowest BCUT2D eigenvalue weighted by molar-refractivity contribution is -0.122. The number of rotatable bonds is 4. The molecule has 2 amide bonds. The van der Waals surface area contributed by atoms with Crippen LogP contribution in [0.1, 0.15) is 24.2 Å². The number of nitrogens with zero attached hydrogens (tertiary/aromatic N) is 1. The summed E-state index contributed by atoms with van der Waals surface area (Å²) in [6.45, 7) is 3.71. The molecule has 0 radical (unpaired) electrons. The molecule has 4 nitrogen and oxygen atoms in total. The number of thiol groups is 1. The number of carbonyl (C=O) groups excluding carboxylic acids is 2. The summed E-state index contributed by atoms with van der Waals surface area (Å²) >= 11 is 10.1. The Balaban J connectivity index is 2.77. The van der Waals surface area contributed by atoms with Gasteiger partial charge in [0.25, 0.3) is 5.91 Å². The average molecular weight is 301 g/mol. The second-order valence-corrected chi connectivity index (χ2v) is 5.47. The van der Waals surface area contributed by atoms with E-state index in [2.05, 4.69) is 17.9 Å². The number of hydrogen-bond donors (Lipinski definition) is 2. The Morgan fingerprint density at radius 1 is 1.42 bits per heavy atom. The van der Waals surface area contributed by atoms with Crippen LogP contribution >= 0.6 is 24.2 Å². The number of amides is 2. The van der Waals surface area contributed by atoms with Crippen molar-refractivity contribution in [2.45, 2.75) is 24.8 Å². The van der Waals surface area contributed by atoms with Crippen LogP contribution in [-0.2, 0) is 4.79 Å². The van der Waals surface area contributed by atoms with Crippen molar-refractivity contribution < 1.29 is 9.59 Å². The highest BCUT2D eigenvalue weighted by molar-refractivity contribution is 7.80. The summed E-state index contributed by atoms with van der Waals surface area (Å²) in [5, 5.41) is 3.07. The summed E-state index contributed by atoms with van der Waals surface area (Å²) in [4.78, 5) is 25.7. The maximum Gasteiger partial charge on any atom is 0.255 e. The van der Waals surface area contributed by atoms with E-state index in [0.29, 0.717) is 15.5 Å². The second kappa shape index (κ2) is 6.82. The maximum absolute atomic E-state index is 12.2. The largest absolute Gasteiger partial charge is 0.352 e. The van der Waals surface area contributed by atoms with Crippen LogP contribution in [0.4, 0.5) is 0 Å². The van der Waals surface area contributed by atoms with Crippen molar-refractivity contribution in [1.29, 1.82) is 0 Å². The van der Waals surface area contributed by atoms with Crippen LogP contribution in [-0.4, -0.2) is 36.3 Å². The zero-order valence-corrected chi connectivity index (χ0v) is 12.8. The Kier molecular flexibility index (Phi) is 5.69. The number of carbonyl (C=O) groups is 2. The van der Waals surface area contributed by atoms with Gasteiger partial charge in [-0.25, -0.2) is 0 Å². The molecule has 19 heavy (non-hydrogen) atoms. The van der Waals surface area contributed by atoms with Crippen molar-refractivity contribution in [2.24, 2.45) is 0 Å². The van der Waals surface area contributed by atoms with Crippen molar-refractivity contribution in [2.75, 3.05) is 13.6 Å². The Bertz CT molecular complexity index is 492. The van der Waals surface area contributed by atoms with Crippen molar-refractivity contribution in [3.05, 3.63) is 28.8 Å². The number of nitrogens with one attached hydrogen (secondary N) is 1. The fourth-order valence-corrected chi connectivity index (χ4v) is 1.94. The van der Waals surface area contributed by atoms with Gasteiger partial charge in [-0.05, 0) is 32.0 Å². The first-order chi connectivity index (χ1) is 8.81. The highest BCUT2D eigenvalue weighted by atomic mass is 35.5. The SMILES string of the molecule is CC(C)NC(=O)CN(C)C(=O)c1cc(S)ccc1Cl. The lowest BCUT2D eigenvalue weighted by atomic mass is 10.2. The summed E-state index contributed by atoms with van der Waals surface area (Å²) in [6, 6.07) is 4.94. The predicted octanol–water partition coefficient (Wildman–Crippen LogP) is 2.23. The van der Waals surface area contributed by atoms with E-state index in [1.54, 1.807) is 25.2 Å². The van der Waals surface area contributed by atoms with Gasteiger partial charge in [0, 0.05) is 18.0 Å². The lowest BCUT2D eigenvalue weighted by Crippen LogP contribution is -2.40. The number of benzene rings is 1. The first kappa shape index (κ1) is 15.9. The van der Waals surface area contributed by atoms with E-state index >= 15 is 0 Å².